The van der Waals surface area contributed by atoms with E-state index in [1.54, 1.807) is 24.3 Å². The van der Waals surface area contributed by atoms with E-state index in [0.717, 1.165) is 6.42 Å². The van der Waals surface area contributed by atoms with Crippen molar-refractivity contribution in [2.45, 2.75) is 26.2 Å². The largest absolute Gasteiger partial charge is 0.788 e. The van der Waals surface area contributed by atoms with Crippen LogP contribution in [0.3, 0.4) is 0 Å². The van der Waals surface area contributed by atoms with Crippen LogP contribution < -0.4 is 9.31 Å². The second kappa shape index (κ2) is 7.69. The predicted molar refractivity (Wildman–Crippen MR) is 97.8 cm³/mol. The van der Waals surface area contributed by atoms with Crippen LogP contribution in [0.15, 0.2) is 48.5 Å². The highest BCUT2D eigenvalue weighted by Gasteiger charge is 2.43. The lowest BCUT2D eigenvalue weighted by atomic mass is 10.0. The van der Waals surface area contributed by atoms with E-state index >= 15 is 0 Å². The normalized spacial score (nSPS) is 15.0. The van der Waals surface area contributed by atoms with Crippen LogP contribution in [0.2, 0.25) is 10.0 Å². The van der Waals surface area contributed by atoms with E-state index < -0.39 is 7.32 Å². The topological polar surface area (TPSA) is 27.7 Å². The molecule has 1 fully saturated rings. The minimum atomic E-state index is -0.908. The lowest BCUT2D eigenvalue weighted by Crippen LogP contribution is -2.36. The highest BCUT2D eigenvalue weighted by Crippen LogP contribution is 2.48. The summed E-state index contributed by atoms with van der Waals surface area (Å²) in [6.45, 7) is 2.76. The third kappa shape index (κ3) is 4.38. The number of benzene rings is 2. The van der Waals surface area contributed by atoms with E-state index in [0.29, 0.717) is 28.2 Å². The molecule has 1 aliphatic carbocycles. The van der Waals surface area contributed by atoms with E-state index in [1.807, 2.05) is 24.3 Å². The monoisotopic (exact) mass is 364 g/mol. The summed E-state index contributed by atoms with van der Waals surface area (Å²) in [5, 5.41) is 1.01. The van der Waals surface area contributed by atoms with E-state index in [1.165, 1.54) is 12.8 Å². The molecular weight excluding hydrogens is 346 g/mol. The molecule has 0 N–H and O–H groups in total. The molecule has 0 saturated heterocycles. The Labute approximate surface area is 153 Å². The van der Waals surface area contributed by atoms with Gasteiger partial charge < -0.3 is 14.0 Å². The fourth-order valence-corrected chi connectivity index (χ4v) is 2.76. The average molecular weight is 365 g/mol. The van der Waals surface area contributed by atoms with Gasteiger partial charge in [0.25, 0.3) is 0 Å². The number of para-hydroxylation sites is 2. The molecule has 0 bridgehead atoms. The minimum Gasteiger partial charge on any atom is -0.500 e. The van der Waals surface area contributed by atoms with Crippen molar-refractivity contribution < 1.29 is 14.0 Å². The van der Waals surface area contributed by atoms with Gasteiger partial charge in [0.1, 0.15) is 11.5 Å². The first-order chi connectivity index (χ1) is 11.6. The molecule has 24 heavy (non-hydrogen) atoms. The molecular formula is C18H19BCl2O3. The highest BCUT2D eigenvalue weighted by atomic mass is 35.5. The summed E-state index contributed by atoms with van der Waals surface area (Å²) in [6.07, 6.45) is 3.43. The van der Waals surface area contributed by atoms with Crippen LogP contribution >= 0.6 is 23.2 Å². The molecule has 2 aromatic carbocycles. The molecule has 0 atom stereocenters. The van der Waals surface area contributed by atoms with Crippen LogP contribution in [0, 0.1) is 5.41 Å². The Balaban J connectivity index is 1.73. The summed E-state index contributed by atoms with van der Waals surface area (Å²) in [4.78, 5) is 0. The van der Waals surface area contributed by atoms with E-state index in [-0.39, 0.29) is 5.41 Å². The molecule has 0 aliphatic heterocycles. The lowest BCUT2D eigenvalue weighted by Gasteiger charge is -2.20. The summed E-state index contributed by atoms with van der Waals surface area (Å²) in [5.41, 5.74) is 0.256. The summed E-state index contributed by atoms with van der Waals surface area (Å²) in [5.74, 6) is 1.02. The van der Waals surface area contributed by atoms with Gasteiger partial charge in [-0.3, -0.25) is 0 Å². The van der Waals surface area contributed by atoms with Gasteiger partial charge in [-0.1, -0.05) is 54.4 Å². The molecule has 126 valence electrons. The zero-order valence-corrected chi connectivity index (χ0v) is 15.0. The van der Waals surface area contributed by atoms with Gasteiger partial charge in [0.2, 0.25) is 0 Å². The molecule has 3 nitrogen and oxygen atoms in total. The molecule has 0 radical (unpaired) electrons. The number of rotatable bonds is 8. The maximum atomic E-state index is 6.17. The van der Waals surface area contributed by atoms with Gasteiger partial charge in [-0.15, -0.1) is 0 Å². The first-order valence-corrected chi connectivity index (χ1v) is 8.81. The Kier molecular flexibility index (Phi) is 5.59. The molecule has 3 rings (SSSR count). The van der Waals surface area contributed by atoms with Crippen molar-refractivity contribution in [3.63, 3.8) is 0 Å². The SMILES string of the molecule is CCC1(COB(Oc2ccccc2Cl)Oc2ccccc2Cl)CC1. The van der Waals surface area contributed by atoms with Gasteiger partial charge in [0.05, 0.1) is 10.0 Å². The van der Waals surface area contributed by atoms with Crippen LogP contribution in [0.5, 0.6) is 11.5 Å². The third-order valence-electron chi connectivity index (χ3n) is 4.35. The molecule has 0 unspecified atom stereocenters. The lowest BCUT2D eigenvalue weighted by molar-refractivity contribution is 0.156. The van der Waals surface area contributed by atoms with Crippen molar-refractivity contribution in [1.82, 2.24) is 0 Å². The summed E-state index contributed by atoms with van der Waals surface area (Å²) < 4.78 is 17.6. The Hall–Kier alpha value is -1.36. The number of halogens is 2. The molecule has 0 amide bonds. The van der Waals surface area contributed by atoms with Gasteiger partial charge in [-0.2, -0.15) is 0 Å². The van der Waals surface area contributed by atoms with Crippen LogP contribution in [0.4, 0.5) is 0 Å². The smallest absolute Gasteiger partial charge is 0.500 e. The number of hydrogen-bond donors (Lipinski definition) is 0. The number of hydrogen-bond acceptors (Lipinski definition) is 3. The van der Waals surface area contributed by atoms with Crippen LogP contribution in [0.25, 0.3) is 0 Å². The summed E-state index contributed by atoms with van der Waals surface area (Å²) in [7, 11) is -0.908. The quantitative estimate of drug-likeness (QED) is 0.567. The van der Waals surface area contributed by atoms with Crippen molar-refractivity contribution >= 4 is 30.5 Å². The second-order valence-corrected chi connectivity index (χ2v) is 6.86. The van der Waals surface area contributed by atoms with Gasteiger partial charge in [-0.25, -0.2) is 0 Å². The molecule has 1 aliphatic rings. The molecule has 0 aromatic heterocycles. The van der Waals surface area contributed by atoms with Gasteiger partial charge >= 0.3 is 7.32 Å². The molecule has 6 heteroatoms. The van der Waals surface area contributed by atoms with Crippen molar-refractivity contribution in [1.29, 1.82) is 0 Å². The third-order valence-corrected chi connectivity index (χ3v) is 4.98. The van der Waals surface area contributed by atoms with Crippen molar-refractivity contribution in [2.75, 3.05) is 6.61 Å². The van der Waals surface area contributed by atoms with Crippen molar-refractivity contribution in [2.24, 2.45) is 5.41 Å². The summed E-state index contributed by atoms with van der Waals surface area (Å²) in [6, 6.07) is 14.5. The standard InChI is InChI=1S/C18H19BCl2O3/c1-2-18(11-12-18)13-22-19(23-16-9-5-3-7-14(16)20)24-17-10-6-4-8-15(17)21/h3-10H,2,11-13H2,1H3. The Morgan fingerprint density at radius 3 is 1.83 bits per heavy atom. The zero-order valence-electron chi connectivity index (χ0n) is 13.5. The highest BCUT2D eigenvalue weighted by molar-refractivity contribution is 6.40. The summed E-state index contributed by atoms with van der Waals surface area (Å²) >= 11 is 12.3. The molecule has 0 spiro atoms. The molecule has 0 heterocycles. The van der Waals surface area contributed by atoms with Crippen molar-refractivity contribution in [3.05, 3.63) is 58.6 Å². The van der Waals surface area contributed by atoms with Gasteiger partial charge in [0, 0.05) is 6.61 Å². The first-order valence-electron chi connectivity index (χ1n) is 8.06. The Bertz CT molecular complexity index is 644. The average Bonchev–Trinajstić information content (AvgIpc) is 3.37. The predicted octanol–water partition coefficient (Wildman–Crippen LogP) is 5.64. The molecule has 2 aromatic rings. The second-order valence-electron chi connectivity index (χ2n) is 6.05. The van der Waals surface area contributed by atoms with Gasteiger partial charge in [0.15, 0.2) is 0 Å². The van der Waals surface area contributed by atoms with E-state index in [4.69, 9.17) is 37.2 Å². The Morgan fingerprint density at radius 2 is 1.42 bits per heavy atom. The van der Waals surface area contributed by atoms with Crippen LogP contribution in [-0.4, -0.2) is 13.9 Å². The zero-order chi connectivity index (χ0) is 17.0. The first kappa shape index (κ1) is 17.5. The van der Waals surface area contributed by atoms with E-state index in [9.17, 15) is 0 Å². The van der Waals surface area contributed by atoms with E-state index in [2.05, 4.69) is 6.92 Å². The minimum absolute atomic E-state index is 0.256. The van der Waals surface area contributed by atoms with Crippen molar-refractivity contribution in [3.8, 4) is 11.5 Å². The Morgan fingerprint density at radius 1 is 0.917 bits per heavy atom. The maximum Gasteiger partial charge on any atom is 0.788 e. The molecule has 1 saturated carbocycles. The van der Waals surface area contributed by atoms with Crippen LogP contribution in [-0.2, 0) is 4.65 Å². The fraction of sp³-hybridized carbons (Fsp3) is 0.333. The van der Waals surface area contributed by atoms with Crippen LogP contribution in [0.1, 0.15) is 26.2 Å². The fourth-order valence-electron chi connectivity index (χ4n) is 2.40. The van der Waals surface area contributed by atoms with Gasteiger partial charge in [-0.05, 0) is 48.9 Å². The maximum absolute atomic E-state index is 6.17.